The van der Waals surface area contributed by atoms with E-state index in [0.29, 0.717) is 12.5 Å². The van der Waals surface area contributed by atoms with Crippen molar-refractivity contribution >= 4 is 14.3 Å². The first kappa shape index (κ1) is 24.9. The highest BCUT2D eigenvalue weighted by Gasteiger charge is 2.70. The third kappa shape index (κ3) is 7.27. The molecule has 11 heteroatoms. The van der Waals surface area contributed by atoms with Crippen LogP contribution in [0.2, 0.25) is 19.1 Å². The molecular formula is C15H24F6O4Si. The summed E-state index contributed by atoms with van der Waals surface area (Å²) < 4.78 is 86.5. The van der Waals surface area contributed by atoms with E-state index in [1.807, 2.05) is 0 Å². The number of halogens is 6. The first-order chi connectivity index (χ1) is 11.4. The fraction of sp³-hybridized carbons (Fsp3) is 0.800. The molecule has 0 saturated carbocycles. The average Bonchev–Trinajstić information content (AvgIpc) is 2.39. The molecule has 0 aliphatic rings. The normalized spacial score (nSPS) is 14.9. The highest BCUT2D eigenvalue weighted by molar-refractivity contribution is 6.71. The Balaban J connectivity index is 4.74. The number of hydrogen-bond donors (Lipinski definition) is 1. The molecule has 0 aromatic carbocycles. The Labute approximate surface area is 149 Å². The van der Waals surface area contributed by atoms with Gasteiger partial charge in [0.15, 0.2) is 8.32 Å². The standard InChI is InChI=1S/C15H24F6O4Si/c1-10(2)12(22)24-7-6-8-26(4,5)25-11(3)9-13(23,14(16,17)18)15(19,20)21/h11,23H,1,6-9H2,2-5H3. The summed E-state index contributed by atoms with van der Waals surface area (Å²) in [5, 5.41) is 9.20. The maximum absolute atomic E-state index is 12.7. The van der Waals surface area contributed by atoms with Gasteiger partial charge >= 0.3 is 18.3 Å². The number of ether oxygens (including phenoxy) is 1. The molecule has 0 heterocycles. The van der Waals surface area contributed by atoms with Crippen molar-refractivity contribution in [2.24, 2.45) is 0 Å². The summed E-state index contributed by atoms with van der Waals surface area (Å²) in [6.07, 6.45) is -14.5. The number of hydrogen-bond acceptors (Lipinski definition) is 4. The second kappa shape index (κ2) is 8.74. The lowest BCUT2D eigenvalue weighted by Crippen LogP contribution is -2.58. The van der Waals surface area contributed by atoms with E-state index in [4.69, 9.17) is 9.16 Å². The van der Waals surface area contributed by atoms with Gasteiger partial charge in [-0.2, -0.15) is 26.3 Å². The predicted octanol–water partition coefficient (Wildman–Crippen LogP) is 4.35. The summed E-state index contributed by atoms with van der Waals surface area (Å²) in [5.74, 6) is -0.584. The molecule has 0 spiro atoms. The van der Waals surface area contributed by atoms with Crippen molar-refractivity contribution in [3.05, 3.63) is 12.2 Å². The van der Waals surface area contributed by atoms with Crippen molar-refractivity contribution in [1.29, 1.82) is 0 Å². The minimum atomic E-state index is -5.87. The van der Waals surface area contributed by atoms with E-state index in [0.717, 1.165) is 6.92 Å². The van der Waals surface area contributed by atoms with E-state index < -0.39 is 44.8 Å². The van der Waals surface area contributed by atoms with Crippen molar-refractivity contribution in [2.75, 3.05) is 6.61 Å². The molecule has 0 aliphatic carbocycles. The molecule has 1 atom stereocenters. The van der Waals surface area contributed by atoms with Crippen LogP contribution in [0.5, 0.6) is 0 Å². The molecule has 154 valence electrons. The lowest BCUT2D eigenvalue weighted by Gasteiger charge is -2.36. The first-order valence-corrected chi connectivity index (χ1v) is 10.9. The Morgan fingerprint density at radius 2 is 1.62 bits per heavy atom. The Bertz CT molecular complexity index is 487. The van der Waals surface area contributed by atoms with Gasteiger partial charge in [-0.3, -0.25) is 0 Å². The smallest absolute Gasteiger partial charge is 0.426 e. The van der Waals surface area contributed by atoms with Crippen LogP contribution in [-0.2, 0) is 14.0 Å². The van der Waals surface area contributed by atoms with Gasteiger partial charge in [0.1, 0.15) is 0 Å². The van der Waals surface area contributed by atoms with Crippen molar-refractivity contribution in [3.63, 3.8) is 0 Å². The van der Waals surface area contributed by atoms with Crippen LogP contribution in [0.15, 0.2) is 12.2 Å². The molecule has 0 aromatic heterocycles. The van der Waals surface area contributed by atoms with Crippen LogP contribution in [0.1, 0.15) is 26.7 Å². The van der Waals surface area contributed by atoms with Crippen LogP contribution in [-0.4, -0.2) is 50.1 Å². The summed E-state index contributed by atoms with van der Waals surface area (Å²) in [6, 6.07) is 0.345. The molecular weight excluding hydrogens is 386 g/mol. The molecule has 1 unspecified atom stereocenters. The van der Waals surface area contributed by atoms with Gasteiger partial charge in [-0.1, -0.05) is 6.58 Å². The van der Waals surface area contributed by atoms with Gasteiger partial charge in [0.2, 0.25) is 0 Å². The molecule has 0 aliphatic heterocycles. The Morgan fingerprint density at radius 1 is 1.15 bits per heavy atom. The van der Waals surface area contributed by atoms with Crippen LogP contribution in [0.25, 0.3) is 0 Å². The first-order valence-electron chi connectivity index (χ1n) is 7.79. The summed E-state index contributed by atoms with van der Waals surface area (Å²) in [7, 11) is -2.64. The number of esters is 1. The summed E-state index contributed by atoms with van der Waals surface area (Å²) in [6.45, 7) is 9.19. The maximum atomic E-state index is 12.7. The number of carbonyl (C=O) groups is 1. The van der Waals surface area contributed by atoms with Crippen molar-refractivity contribution in [1.82, 2.24) is 0 Å². The molecule has 0 saturated heterocycles. The van der Waals surface area contributed by atoms with Crippen molar-refractivity contribution in [3.8, 4) is 0 Å². The SMILES string of the molecule is C=C(C)C(=O)OCCC[Si](C)(C)OC(C)CC(O)(C(F)(F)F)C(F)(F)F. The number of alkyl halides is 6. The van der Waals surface area contributed by atoms with E-state index in [9.17, 15) is 36.2 Å². The molecule has 0 radical (unpaired) electrons. The van der Waals surface area contributed by atoms with Crippen LogP contribution >= 0.6 is 0 Å². The number of aliphatic hydroxyl groups is 1. The molecule has 4 nitrogen and oxygen atoms in total. The lowest BCUT2D eigenvalue weighted by molar-refractivity contribution is -0.373. The zero-order valence-corrected chi connectivity index (χ0v) is 16.1. The van der Waals surface area contributed by atoms with Crippen molar-refractivity contribution < 1.29 is 45.4 Å². The minimum Gasteiger partial charge on any atom is -0.462 e. The molecule has 0 fully saturated rings. The van der Waals surface area contributed by atoms with Gasteiger partial charge in [0.05, 0.1) is 6.61 Å². The van der Waals surface area contributed by atoms with E-state index in [1.165, 1.54) is 6.92 Å². The van der Waals surface area contributed by atoms with Gasteiger partial charge in [-0.25, -0.2) is 4.79 Å². The topological polar surface area (TPSA) is 55.8 Å². The zero-order valence-electron chi connectivity index (χ0n) is 15.1. The van der Waals surface area contributed by atoms with Crippen molar-refractivity contribution in [2.45, 2.75) is 69.9 Å². The molecule has 0 aromatic rings. The minimum absolute atomic E-state index is 0.0366. The fourth-order valence-corrected chi connectivity index (χ4v) is 4.53. The highest BCUT2D eigenvalue weighted by atomic mass is 28.4. The Morgan fingerprint density at radius 3 is 2.00 bits per heavy atom. The van der Waals surface area contributed by atoms with E-state index in [-0.39, 0.29) is 12.2 Å². The van der Waals surface area contributed by atoms with Gasteiger partial charge in [-0.15, -0.1) is 0 Å². The molecule has 0 amide bonds. The number of carbonyl (C=O) groups excluding carboxylic acids is 1. The Kier molecular flexibility index (Phi) is 8.38. The zero-order chi connectivity index (χ0) is 21.0. The molecule has 26 heavy (non-hydrogen) atoms. The molecule has 1 N–H and O–H groups in total. The third-order valence-corrected chi connectivity index (χ3v) is 6.14. The van der Waals surface area contributed by atoms with Crippen LogP contribution in [0, 0.1) is 0 Å². The van der Waals surface area contributed by atoms with Crippen LogP contribution in [0.4, 0.5) is 26.3 Å². The third-order valence-electron chi connectivity index (χ3n) is 3.55. The van der Waals surface area contributed by atoms with Gasteiger partial charge in [0.25, 0.3) is 5.60 Å². The van der Waals surface area contributed by atoms with Gasteiger partial charge in [-0.05, 0) is 39.4 Å². The average molecular weight is 410 g/mol. The quantitative estimate of drug-likeness (QED) is 0.202. The van der Waals surface area contributed by atoms with Gasteiger partial charge < -0.3 is 14.3 Å². The fourth-order valence-electron chi connectivity index (χ4n) is 2.24. The highest BCUT2D eigenvalue weighted by Crippen LogP contribution is 2.46. The molecule has 0 rings (SSSR count). The second-order valence-electron chi connectivity index (χ2n) is 6.77. The van der Waals surface area contributed by atoms with E-state index >= 15 is 0 Å². The van der Waals surface area contributed by atoms with Crippen LogP contribution in [0.3, 0.4) is 0 Å². The van der Waals surface area contributed by atoms with E-state index in [1.54, 1.807) is 13.1 Å². The van der Waals surface area contributed by atoms with Gasteiger partial charge in [0, 0.05) is 18.1 Å². The second-order valence-corrected chi connectivity index (χ2v) is 11.0. The van der Waals surface area contributed by atoms with E-state index in [2.05, 4.69) is 6.58 Å². The predicted molar refractivity (Wildman–Crippen MR) is 84.9 cm³/mol. The Hall–Kier alpha value is -1.07. The monoisotopic (exact) mass is 410 g/mol. The molecule has 0 bridgehead atoms. The largest absolute Gasteiger partial charge is 0.462 e. The lowest BCUT2D eigenvalue weighted by atomic mass is 9.95. The summed E-state index contributed by atoms with van der Waals surface area (Å²) in [4.78, 5) is 11.2. The summed E-state index contributed by atoms with van der Waals surface area (Å²) in [5.41, 5.74) is -4.62. The maximum Gasteiger partial charge on any atom is 0.426 e. The summed E-state index contributed by atoms with van der Waals surface area (Å²) >= 11 is 0. The number of rotatable bonds is 9. The van der Waals surface area contributed by atoms with Crippen LogP contribution < -0.4 is 0 Å².